The van der Waals surface area contributed by atoms with Gasteiger partial charge in [-0.1, -0.05) is 54.7 Å². The van der Waals surface area contributed by atoms with Crippen LogP contribution in [0.25, 0.3) is 0 Å². The fourth-order valence-electron chi connectivity index (χ4n) is 6.84. The largest absolute Gasteiger partial charge is 0.458 e. The van der Waals surface area contributed by atoms with Crippen molar-refractivity contribution in [2.24, 2.45) is 22.7 Å². The van der Waals surface area contributed by atoms with Gasteiger partial charge in [0.2, 0.25) is 0 Å². The van der Waals surface area contributed by atoms with Crippen LogP contribution in [0, 0.1) is 22.7 Å². The first-order chi connectivity index (χ1) is 28.0. The van der Waals surface area contributed by atoms with Gasteiger partial charge in [-0.15, -0.1) is 0 Å². The average molecular weight is 855 g/mol. The fourth-order valence-corrected chi connectivity index (χ4v) is 6.84. The number of hydrogen-bond donors (Lipinski definition) is 4. The summed E-state index contributed by atoms with van der Waals surface area (Å²) in [7, 11) is 0. The lowest BCUT2D eigenvalue weighted by atomic mass is 9.82. The monoisotopic (exact) mass is 854 g/mol. The highest BCUT2D eigenvalue weighted by Gasteiger charge is 2.51. The summed E-state index contributed by atoms with van der Waals surface area (Å²) in [6, 6.07) is 0. The second-order valence-electron chi connectivity index (χ2n) is 17.8. The molecule has 0 aromatic carbocycles. The van der Waals surface area contributed by atoms with Gasteiger partial charge in [-0.2, -0.15) is 0 Å². The quantitative estimate of drug-likeness (QED) is 0.0548. The molecule has 2 aliphatic rings. The summed E-state index contributed by atoms with van der Waals surface area (Å²) in [6.45, 7) is 27.1. The molecule has 8 atom stereocenters. The van der Waals surface area contributed by atoms with E-state index in [0.717, 1.165) is 12.8 Å². The molecule has 4 amide bonds. The minimum Gasteiger partial charge on any atom is -0.458 e. The van der Waals surface area contributed by atoms with E-state index < -0.39 is 72.9 Å². The molecule has 0 aromatic rings. The SMILES string of the molecule is C=C(C)C(=O)OCC(C)OC(=O)NCC(C)(C)CC(C)CCNC(=O)O[C@H]1CO[C@H]2[C@@H]1OC[C@H]2OC(=O)NCCC(C)CC(C)(C)CNC(=O)OC(C)COC(=O)C(=C)C. The first-order valence-corrected chi connectivity index (χ1v) is 20.6. The second kappa shape index (κ2) is 24.6. The van der Waals surface area contributed by atoms with Crippen LogP contribution in [0.3, 0.4) is 0 Å². The van der Waals surface area contributed by atoms with Crippen LogP contribution in [-0.2, 0) is 47.5 Å². The van der Waals surface area contributed by atoms with Crippen molar-refractivity contribution in [2.45, 2.75) is 132 Å². The molecule has 60 heavy (non-hydrogen) atoms. The molecule has 0 bridgehead atoms. The highest BCUT2D eigenvalue weighted by Crippen LogP contribution is 2.31. The maximum atomic E-state index is 12.6. The Morgan fingerprint density at radius 2 is 0.950 bits per heavy atom. The van der Waals surface area contributed by atoms with Crippen LogP contribution in [0.2, 0.25) is 0 Å². The molecule has 0 radical (unpaired) electrons. The topological polar surface area (TPSA) is 224 Å². The molecule has 0 aromatic heterocycles. The third-order valence-electron chi connectivity index (χ3n) is 9.73. The number of hydrogen-bond acceptors (Lipinski definition) is 14. The third kappa shape index (κ3) is 20.1. The Bertz CT molecular complexity index is 1380. The van der Waals surface area contributed by atoms with Crippen LogP contribution in [-0.4, -0.2) is 126 Å². The van der Waals surface area contributed by atoms with Gasteiger partial charge in [0.05, 0.1) is 13.2 Å². The van der Waals surface area contributed by atoms with Gasteiger partial charge in [-0.3, -0.25) is 0 Å². The maximum Gasteiger partial charge on any atom is 0.407 e. The summed E-state index contributed by atoms with van der Waals surface area (Å²) in [6.07, 6.45) is -3.27. The Labute approximate surface area is 354 Å². The van der Waals surface area contributed by atoms with Gasteiger partial charge < -0.3 is 59.2 Å². The Morgan fingerprint density at radius 3 is 1.28 bits per heavy atom. The lowest BCUT2D eigenvalue weighted by molar-refractivity contribution is -0.142. The van der Waals surface area contributed by atoms with E-state index in [4.69, 9.17) is 37.9 Å². The molecule has 4 N–H and O–H groups in total. The van der Waals surface area contributed by atoms with E-state index in [0.29, 0.717) is 39.0 Å². The summed E-state index contributed by atoms with van der Waals surface area (Å²) >= 11 is 0. The van der Waals surface area contributed by atoms with Crippen LogP contribution < -0.4 is 21.3 Å². The summed E-state index contributed by atoms with van der Waals surface area (Å²) in [5.41, 5.74) is 0.00358. The van der Waals surface area contributed by atoms with E-state index in [2.05, 4.69) is 48.3 Å². The first-order valence-electron chi connectivity index (χ1n) is 20.6. The normalized spacial score (nSPS) is 20.5. The van der Waals surface area contributed by atoms with E-state index in [-0.39, 0.29) is 60.2 Å². The van der Waals surface area contributed by atoms with Crippen molar-refractivity contribution in [3.8, 4) is 0 Å². The lowest BCUT2D eigenvalue weighted by Gasteiger charge is -2.28. The molecule has 4 unspecified atom stereocenters. The second-order valence-corrected chi connectivity index (χ2v) is 17.8. The predicted octanol–water partition coefficient (Wildman–Crippen LogP) is 5.33. The number of carbonyl (C=O) groups is 6. The Kier molecular flexibility index (Phi) is 21.2. The molecule has 0 aliphatic carbocycles. The van der Waals surface area contributed by atoms with Gasteiger partial charge in [0.1, 0.15) is 37.6 Å². The van der Waals surface area contributed by atoms with Crippen molar-refractivity contribution in [3.05, 3.63) is 24.3 Å². The Balaban J connectivity index is 1.62. The van der Waals surface area contributed by atoms with Gasteiger partial charge in [0, 0.05) is 37.3 Å². The molecule has 2 heterocycles. The van der Waals surface area contributed by atoms with E-state index in [1.54, 1.807) is 13.8 Å². The smallest absolute Gasteiger partial charge is 0.407 e. The maximum absolute atomic E-state index is 12.6. The average Bonchev–Trinajstić information content (AvgIpc) is 3.73. The molecule has 18 nitrogen and oxygen atoms in total. The minimum atomic E-state index is -0.662. The summed E-state index contributed by atoms with van der Waals surface area (Å²) in [4.78, 5) is 72.8. The summed E-state index contributed by atoms with van der Waals surface area (Å²) in [5, 5.41) is 11.1. The zero-order chi connectivity index (χ0) is 45.2. The first kappa shape index (κ1) is 51.6. The number of alkyl carbamates (subject to hydrolysis) is 4. The van der Waals surface area contributed by atoms with E-state index in [1.165, 1.54) is 13.8 Å². The molecule has 0 saturated carbocycles. The van der Waals surface area contributed by atoms with Crippen molar-refractivity contribution in [1.82, 2.24) is 21.3 Å². The van der Waals surface area contributed by atoms with Crippen LogP contribution in [0.5, 0.6) is 0 Å². The minimum absolute atomic E-state index is 0.0707. The Hall–Kier alpha value is -4.58. The van der Waals surface area contributed by atoms with Crippen molar-refractivity contribution in [3.63, 3.8) is 0 Å². The van der Waals surface area contributed by atoms with Crippen molar-refractivity contribution < 1.29 is 66.7 Å². The van der Waals surface area contributed by atoms with Crippen LogP contribution in [0.1, 0.15) is 94.9 Å². The van der Waals surface area contributed by atoms with Crippen molar-refractivity contribution in [2.75, 3.05) is 52.6 Å². The molecule has 342 valence electrons. The molecular formula is C42H70N4O14. The van der Waals surface area contributed by atoms with E-state index >= 15 is 0 Å². The number of ether oxygens (including phenoxy) is 8. The molecule has 2 fully saturated rings. The number of esters is 2. The van der Waals surface area contributed by atoms with Gasteiger partial charge in [0.15, 0.2) is 12.2 Å². The van der Waals surface area contributed by atoms with Crippen molar-refractivity contribution in [1.29, 1.82) is 0 Å². The number of amides is 4. The summed E-state index contributed by atoms with van der Waals surface area (Å²) in [5.74, 6) is -0.675. The highest BCUT2D eigenvalue weighted by atomic mass is 16.7. The molecular weight excluding hydrogens is 784 g/mol. The lowest BCUT2D eigenvalue weighted by Crippen LogP contribution is -2.40. The Morgan fingerprint density at radius 1 is 0.600 bits per heavy atom. The van der Waals surface area contributed by atoms with Gasteiger partial charge in [0.25, 0.3) is 0 Å². The molecule has 2 rings (SSSR count). The fraction of sp³-hybridized carbons (Fsp3) is 0.762. The standard InChI is InChI=1S/C42H70N4O14/c1-25(2)35(47)55-19-29(7)57-39(51)45-23-41(9,10)17-27(5)13-15-43-37(49)59-31-21-53-34-32(22-54-33(31)34)60-38(50)44-16-14-28(6)18-42(11,12)24-46-40(52)58-30(8)20-56-36(48)26(3)4/h27-34H,1,3,13-24H2,2,4-12H3,(H,43,49)(H,44,50)(H,45,51)(H,46,52)/t27?,28?,29?,30?,31-,32+,33-,34-/m1/s1. The van der Waals surface area contributed by atoms with Gasteiger partial charge >= 0.3 is 36.3 Å². The van der Waals surface area contributed by atoms with E-state index in [1.807, 2.05) is 27.7 Å². The molecule has 2 aliphatic heterocycles. The van der Waals surface area contributed by atoms with Crippen LogP contribution >= 0.6 is 0 Å². The number of nitrogens with one attached hydrogen (secondary N) is 4. The summed E-state index contributed by atoms with van der Waals surface area (Å²) < 4.78 is 43.4. The number of carbonyl (C=O) groups excluding carboxylic acids is 6. The zero-order valence-corrected chi connectivity index (χ0v) is 37.2. The predicted molar refractivity (Wildman–Crippen MR) is 220 cm³/mol. The third-order valence-corrected chi connectivity index (χ3v) is 9.73. The molecule has 18 heteroatoms. The zero-order valence-electron chi connectivity index (χ0n) is 37.2. The molecule has 0 spiro atoms. The van der Waals surface area contributed by atoms with Gasteiger partial charge in [-0.25, -0.2) is 28.8 Å². The van der Waals surface area contributed by atoms with Gasteiger partial charge in [-0.05, 0) is 76.0 Å². The molecule has 2 saturated heterocycles. The number of rotatable bonds is 24. The van der Waals surface area contributed by atoms with Crippen LogP contribution in [0.4, 0.5) is 19.2 Å². The number of fused-ring (bicyclic) bond motifs is 1. The van der Waals surface area contributed by atoms with E-state index in [9.17, 15) is 28.8 Å². The highest BCUT2D eigenvalue weighted by molar-refractivity contribution is 5.87. The van der Waals surface area contributed by atoms with Crippen LogP contribution in [0.15, 0.2) is 24.3 Å². The van der Waals surface area contributed by atoms with Crippen molar-refractivity contribution >= 4 is 36.3 Å².